The van der Waals surface area contributed by atoms with Crippen LogP contribution in [0.4, 0.5) is 4.39 Å². The van der Waals surface area contributed by atoms with E-state index >= 15 is 0 Å². The van der Waals surface area contributed by atoms with Crippen LogP contribution in [0, 0.1) is 5.82 Å². The van der Waals surface area contributed by atoms with Gasteiger partial charge >= 0.3 is 0 Å². The Morgan fingerprint density at radius 3 is 2.91 bits per heavy atom. The summed E-state index contributed by atoms with van der Waals surface area (Å²) < 4.78 is 19.3. The molecule has 2 aromatic rings. The molecule has 1 fully saturated rings. The van der Waals surface area contributed by atoms with Gasteiger partial charge in [0.15, 0.2) is 0 Å². The van der Waals surface area contributed by atoms with E-state index in [1.807, 2.05) is 12.1 Å². The molecule has 2 heterocycles. The van der Waals surface area contributed by atoms with E-state index in [4.69, 9.17) is 4.52 Å². The number of halogens is 2. The second kappa shape index (κ2) is 6.50. The van der Waals surface area contributed by atoms with Crippen molar-refractivity contribution in [3.05, 3.63) is 51.6 Å². The largest absolute Gasteiger partial charge is 0.361 e. The van der Waals surface area contributed by atoms with Crippen LogP contribution in [-0.2, 0) is 6.54 Å². The number of aromatic nitrogens is 1. The Hall–Kier alpha value is -1.20. The van der Waals surface area contributed by atoms with Crippen molar-refractivity contribution < 1.29 is 8.91 Å². The summed E-state index contributed by atoms with van der Waals surface area (Å²) in [7, 11) is 0. The van der Waals surface area contributed by atoms with E-state index in [2.05, 4.69) is 45.9 Å². The molecular formula is C17H20BrFN2O. The molecule has 1 saturated heterocycles. The highest BCUT2D eigenvalue weighted by Gasteiger charge is 2.29. The minimum absolute atomic E-state index is 0.222. The average molecular weight is 367 g/mol. The number of hydrogen-bond acceptors (Lipinski definition) is 3. The standard InChI is InChI=1S/C17H20BrFN2O/c1-11(2)17-9-15(20-22-17)16-4-3-7-21(16)10-12-5-6-14(19)13(18)8-12/h5-6,8-9,11,16H,3-4,7,10H2,1-2H3. The minimum atomic E-state index is -0.222. The van der Waals surface area contributed by atoms with Crippen molar-refractivity contribution in [2.24, 2.45) is 0 Å². The highest BCUT2D eigenvalue weighted by molar-refractivity contribution is 9.10. The van der Waals surface area contributed by atoms with E-state index in [0.29, 0.717) is 16.4 Å². The molecule has 1 aliphatic heterocycles. The Morgan fingerprint density at radius 2 is 2.23 bits per heavy atom. The molecule has 0 radical (unpaired) electrons. The fourth-order valence-corrected chi connectivity index (χ4v) is 3.38. The summed E-state index contributed by atoms with van der Waals surface area (Å²) in [5.41, 5.74) is 2.12. The van der Waals surface area contributed by atoms with Crippen LogP contribution in [0.15, 0.2) is 33.3 Å². The van der Waals surface area contributed by atoms with Gasteiger partial charge in [-0.1, -0.05) is 25.1 Å². The third-order valence-electron chi connectivity index (χ3n) is 4.19. The third-order valence-corrected chi connectivity index (χ3v) is 4.80. The van der Waals surface area contributed by atoms with Gasteiger partial charge in [0.05, 0.1) is 10.5 Å². The van der Waals surface area contributed by atoms with Gasteiger partial charge in [0, 0.05) is 18.5 Å². The zero-order valence-corrected chi connectivity index (χ0v) is 14.4. The van der Waals surface area contributed by atoms with Crippen LogP contribution in [0.2, 0.25) is 0 Å². The van der Waals surface area contributed by atoms with Crippen molar-refractivity contribution in [1.82, 2.24) is 10.1 Å². The lowest BCUT2D eigenvalue weighted by Gasteiger charge is -2.22. The van der Waals surface area contributed by atoms with E-state index in [0.717, 1.165) is 42.9 Å². The van der Waals surface area contributed by atoms with Gasteiger partial charge in [0.25, 0.3) is 0 Å². The van der Waals surface area contributed by atoms with Gasteiger partial charge < -0.3 is 4.52 Å². The monoisotopic (exact) mass is 366 g/mol. The minimum Gasteiger partial charge on any atom is -0.361 e. The van der Waals surface area contributed by atoms with Gasteiger partial charge in [-0.25, -0.2) is 4.39 Å². The average Bonchev–Trinajstić information content (AvgIpc) is 3.11. The lowest BCUT2D eigenvalue weighted by molar-refractivity contribution is 0.236. The lowest BCUT2D eigenvalue weighted by Crippen LogP contribution is -2.23. The maximum absolute atomic E-state index is 13.3. The van der Waals surface area contributed by atoms with Crippen LogP contribution in [0.25, 0.3) is 0 Å². The summed E-state index contributed by atoms with van der Waals surface area (Å²) in [6, 6.07) is 7.58. The molecule has 0 amide bonds. The normalized spacial score (nSPS) is 19.2. The number of benzene rings is 1. The molecule has 1 atom stereocenters. The van der Waals surface area contributed by atoms with Gasteiger partial charge in [-0.2, -0.15) is 0 Å². The molecule has 1 aromatic heterocycles. The first-order chi connectivity index (χ1) is 10.5. The van der Waals surface area contributed by atoms with Gasteiger partial charge in [-0.3, -0.25) is 4.90 Å². The van der Waals surface area contributed by atoms with E-state index in [1.54, 1.807) is 0 Å². The molecule has 0 aliphatic carbocycles. The first kappa shape index (κ1) is 15.7. The molecule has 118 valence electrons. The molecule has 3 nitrogen and oxygen atoms in total. The van der Waals surface area contributed by atoms with Gasteiger partial charge in [-0.15, -0.1) is 0 Å². The summed E-state index contributed by atoms with van der Waals surface area (Å²) in [5, 5.41) is 4.26. The molecule has 0 bridgehead atoms. The van der Waals surface area contributed by atoms with E-state index in [1.165, 1.54) is 6.07 Å². The molecule has 3 rings (SSSR count). The molecule has 22 heavy (non-hydrogen) atoms. The van der Waals surface area contributed by atoms with Gasteiger partial charge in [-0.05, 0) is 53.0 Å². The first-order valence-corrected chi connectivity index (χ1v) is 8.48. The predicted molar refractivity (Wildman–Crippen MR) is 87.1 cm³/mol. The number of likely N-dealkylation sites (tertiary alicyclic amines) is 1. The number of rotatable bonds is 4. The van der Waals surface area contributed by atoms with Gasteiger partial charge in [0.1, 0.15) is 17.3 Å². The summed E-state index contributed by atoms with van der Waals surface area (Å²) in [5.74, 6) is 1.07. The summed E-state index contributed by atoms with van der Waals surface area (Å²) in [6.07, 6.45) is 2.24. The molecule has 1 aromatic carbocycles. The maximum atomic E-state index is 13.3. The summed E-state index contributed by atoms with van der Waals surface area (Å²) in [4.78, 5) is 2.39. The third kappa shape index (κ3) is 3.25. The molecular weight excluding hydrogens is 347 g/mol. The van der Waals surface area contributed by atoms with Crippen LogP contribution < -0.4 is 0 Å². The van der Waals surface area contributed by atoms with E-state index < -0.39 is 0 Å². The summed E-state index contributed by atoms with van der Waals surface area (Å²) in [6.45, 7) is 6.04. The number of hydrogen-bond donors (Lipinski definition) is 0. The Bertz CT molecular complexity index is 656. The van der Waals surface area contributed by atoms with Crippen LogP contribution in [0.3, 0.4) is 0 Å². The van der Waals surface area contributed by atoms with Crippen molar-refractivity contribution in [2.45, 2.75) is 45.2 Å². The van der Waals surface area contributed by atoms with E-state index in [9.17, 15) is 4.39 Å². The Kier molecular flexibility index (Phi) is 4.64. The predicted octanol–water partition coefficient (Wildman–Crippen LogP) is 5.04. The molecule has 5 heteroatoms. The molecule has 0 saturated carbocycles. The second-order valence-electron chi connectivity index (χ2n) is 6.19. The zero-order valence-electron chi connectivity index (χ0n) is 12.9. The maximum Gasteiger partial charge on any atom is 0.139 e. The SMILES string of the molecule is CC(C)c1cc(C2CCCN2Cc2ccc(F)c(Br)c2)no1. The highest BCUT2D eigenvalue weighted by Crippen LogP contribution is 2.34. The smallest absolute Gasteiger partial charge is 0.139 e. The van der Waals surface area contributed by atoms with Crippen molar-refractivity contribution >= 4 is 15.9 Å². The van der Waals surface area contributed by atoms with Crippen LogP contribution in [0.1, 0.15) is 55.7 Å². The van der Waals surface area contributed by atoms with Crippen molar-refractivity contribution in [3.63, 3.8) is 0 Å². The van der Waals surface area contributed by atoms with Gasteiger partial charge in [0.2, 0.25) is 0 Å². The zero-order chi connectivity index (χ0) is 15.7. The van der Waals surface area contributed by atoms with Crippen LogP contribution >= 0.6 is 15.9 Å². The van der Waals surface area contributed by atoms with Crippen molar-refractivity contribution in [1.29, 1.82) is 0 Å². The van der Waals surface area contributed by atoms with Crippen molar-refractivity contribution in [2.75, 3.05) is 6.54 Å². The fourth-order valence-electron chi connectivity index (χ4n) is 2.96. The molecule has 0 N–H and O–H groups in total. The Labute approximate surface area is 138 Å². The number of nitrogens with zero attached hydrogens (tertiary/aromatic N) is 2. The Morgan fingerprint density at radius 1 is 1.41 bits per heavy atom. The quantitative estimate of drug-likeness (QED) is 0.759. The summed E-state index contributed by atoms with van der Waals surface area (Å²) >= 11 is 3.25. The lowest BCUT2D eigenvalue weighted by atomic mass is 10.1. The first-order valence-electron chi connectivity index (χ1n) is 7.69. The molecule has 1 aliphatic rings. The van der Waals surface area contributed by atoms with Crippen LogP contribution in [0.5, 0.6) is 0 Å². The molecule has 0 spiro atoms. The van der Waals surface area contributed by atoms with E-state index in [-0.39, 0.29) is 5.82 Å². The second-order valence-corrected chi connectivity index (χ2v) is 7.04. The fraction of sp³-hybridized carbons (Fsp3) is 0.471. The Balaban J connectivity index is 1.76. The van der Waals surface area contributed by atoms with Crippen LogP contribution in [-0.4, -0.2) is 16.6 Å². The molecule has 1 unspecified atom stereocenters. The topological polar surface area (TPSA) is 29.3 Å². The highest BCUT2D eigenvalue weighted by atomic mass is 79.9. The van der Waals surface area contributed by atoms with Crippen molar-refractivity contribution in [3.8, 4) is 0 Å².